The summed E-state index contributed by atoms with van der Waals surface area (Å²) < 4.78 is 5.10. The Balaban J connectivity index is 2.88. The molecule has 0 aliphatic heterocycles. The van der Waals surface area contributed by atoms with Crippen molar-refractivity contribution < 1.29 is 19.4 Å². The van der Waals surface area contributed by atoms with E-state index in [9.17, 15) is 9.59 Å². The van der Waals surface area contributed by atoms with Gasteiger partial charge in [0.05, 0.1) is 0 Å². The molecule has 0 amide bonds. The third kappa shape index (κ3) is 3.75. The Hall–Kier alpha value is -2.10. The van der Waals surface area contributed by atoms with E-state index in [0.29, 0.717) is 11.3 Å². The Bertz CT molecular complexity index is 448. The Labute approximate surface area is 99.5 Å². The highest BCUT2D eigenvalue weighted by molar-refractivity contribution is 5.86. The number of hydrogen-bond acceptors (Lipinski definition) is 3. The zero-order valence-electron chi connectivity index (χ0n) is 9.60. The van der Waals surface area contributed by atoms with Crippen molar-refractivity contribution in [2.75, 3.05) is 0 Å². The van der Waals surface area contributed by atoms with E-state index >= 15 is 0 Å². The maximum atomic E-state index is 11.2. The summed E-state index contributed by atoms with van der Waals surface area (Å²) in [5, 5.41) is 8.75. The lowest BCUT2D eigenvalue weighted by Gasteiger charge is -2.09. The van der Waals surface area contributed by atoms with Crippen LogP contribution in [0.15, 0.2) is 36.4 Å². The van der Waals surface area contributed by atoms with Gasteiger partial charge < -0.3 is 9.84 Å². The van der Waals surface area contributed by atoms with Crippen molar-refractivity contribution >= 4 is 11.9 Å². The van der Waals surface area contributed by atoms with Crippen molar-refractivity contribution in [1.82, 2.24) is 0 Å². The highest BCUT2D eigenvalue weighted by Crippen LogP contribution is 2.21. The van der Waals surface area contributed by atoms with E-state index in [2.05, 4.69) is 6.58 Å². The fourth-order valence-electron chi connectivity index (χ4n) is 1.25. The number of carbonyl (C=O) groups is 2. The van der Waals surface area contributed by atoms with E-state index in [1.54, 1.807) is 31.2 Å². The smallest absolute Gasteiger partial charge is 0.331 e. The summed E-state index contributed by atoms with van der Waals surface area (Å²) in [5.74, 6) is -1.01. The third-order valence-corrected chi connectivity index (χ3v) is 2.19. The second kappa shape index (κ2) is 5.84. The van der Waals surface area contributed by atoms with Crippen LogP contribution < -0.4 is 4.74 Å². The highest BCUT2D eigenvalue weighted by Gasteiger charge is 2.11. The number of aliphatic carboxylic acids is 1. The van der Waals surface area contributed by atoms with Gasteiger partial charge in [0.2, 0.25) is 0 Å². The van der Waals surface area contributed by atoms with Crippen molar-refractivity contribution in [3.05, 3.63) is 42.0 Å². The van der Waals surface area contributed by atoms with Crippen molar-refractivity contribution in [3.8, 4) is 5.75 Å². The normalized spacial score (nSPS) is 9.71. The van der Waals surface area contributed by atoms with E-state index in [1.807, 2.05) is 0 Å². The minimum atomic E-state index is -1.05. The maximum absolute atomic E-state index is 11.2. The summed E-state index contributed by atoms with van der Waals surface area (Å²) in [6.45, 7) is 5.15. The molecule has 1 rings (SSSR count). The Morgan fingerprint density at radius 1 is 1.35 bits per heavy atom. The zero-order chi connectivity index (χ0) is 12.8. The molecule has 4 nitrogen and oxygen atoms in total. The molecule has 0 atom stereocenters. The number of esters is 1. The van der Waals surface area contributed by atoms with Crippen molar-refractivity contribution in [2.45, 2.75) is 19.8 Å². The van der Waals surface area contributed by atoms with Crippen LogP contribution in [0.2, 0.25) is 0 Å². The van der Waals surface area contributed by atoms with E-state index in [4.69, 9.17) is 9.84 Å². The van der Waals surface area contributed by atoms with Gasteiger partial charge in [-0.1, -0.05) is 31.7 Å². The predicted octanol–water partition coefficient (Wildman–Crippen LogP) is 2.19. The van der Waals surface area contributed by atoms with Crippen LogP contribution in [0.1, 0.15) is 18.9 Å². The number of hydrogen-bond donors (Lipinski definition) is 1. The average molecular weight is 234 g/mol. The van der Waals surface area contributed by atoms with Crippen molar-refractivity contribution in [2.24, 2.45) is 0 Å². The Morgan fingerprint density at radius 2 is 2.00 bits per heavy atom. The van der Waals surface area contributed by atoms with Crippen LogP contribution in [0, 0.1) is 0 Å². The largest absolute Gasteiger partial charge is 0.478 e. The van der Waals surface area contributed by atoms with Crippen LogP contribution in [0.25, 0.3) is 0 Å². The van der Waals surface area contributed by atoms with Gasteiger partial charge in [0.1, 0.15) is 5.75 Å². The molecular weight excluding hydrogens is 220 g/mol. The summed E-state index contributed by atoms with van der Waals surface area (Å²) >= 11 is 0. The Morgan fingerprint density at radius 3 is 2.59 bits per heavy atom. The van der Waals surface area contributed by atoms with Gasteiger partial charge in [0, 0.05) is 18.4 Å². The first-order valence-corrected chi connectivity index (χ1v) is 5.24. The van der Waals surface area contributed by atoms with E-state index < -0.39 is 5.97 Å². The molecule has 0 aliphatic rings. The molecule has 0 spiro atoms. The second-order valence-corrected chi connectivity index (χ2v) is 3.52. The molecule has 0 aromatic heterocycles. The number of ether oxygens (including phenoxy) is 1. The fourth-order valence-corrected chi connectivity index (χ4v) is 1.25. The van der Waals surface area contributed by atoms with Crippen LogP contribution in [-0.2, 0) is 16.0 Å². The van der Waals surface area contributed by atoms with E-state index in [-0.39, 0.29) is 24.4 Å². The van der Waals surface area contributed by atoms with Crippen LogP contribution in [0.4, 0.5) is 0 Å². The summed E-state index contributed by atoms with van der Waals surface area (Å²) in [7, 11) is 0. The summed E-state index contributed by atoms with van der Waals surface area (Å²) in [4.78, 5) is 21.9. The molecule has 0 heterocycles. The number of benzene rings is 1. The molecule has 0 saturated carbocycles. The monoisotopic (exact) mass is 234 g/mol. The molecule has 0 aliphatic carbocycles. The molecule has 0 unspecified atom stereocenters. The van der Waals surface area contributed by atoms with E-state index in [1.165, 1.54) is 0 Å². The van der Waals surface area contributed by atoms with Gasteiger partial charge in [0.15, 0.2) is 0 Å². The standard InChI is InChI=1S/C13H14O4/c1-3-12(14)17-11-7-5-4-6-10(11)8-9(2)13(15)16/h4-7H,2-3,8H2,1H3,(H,15,16). The third-order valence-electron chi connectivity index (χ3n) is 2.19. The van der Waals surface area contributed by atoms with Crippen LogP contribution >= 0.6 is 0 Å². The first-order valence-electron chi connectivity index (χ1n) is 5.24. The van der Waals surface area contributed by atoms with Crippen molar-refractivity contribution in [1.29, 1.82) is 0 Å². The van der Waals surface area contributed by atoms with Gasteiger partial charge in [0.25, 0.3) is 0 Å². The predicted molar refractivity (Wildman–Crippen MR) is 62.8 cm³/mol. The molecule has 1 aromatic carbocycles. The number of carboxylic acid groups (broad SMARTS) is 1. The van der Waals surface area contributed by atoms with Gasteiger partial charge >= 0.3 is 11.9 Å². The quantitative estimate of drug-likeness (QED) is 0.482. The van der Waals surface area contributed by atoms with Crippen LogP contribution in [0.5, 0.6) is 5.75 Å². The van der Waals surface area contributed by atoms with Gasteiger partial charge in [-0.05, 0) is 11.6 Å². The molecule has 0 radical (unpaired) electrons. The first-order chi connectivity index (χ1) is 8.04. The lowest BCUT2D eigenvalue weighted by Crippen LogP contribution is -2.09. The van der Waals surface area contributed by atoms with Crippen LogP contribution in [0.3, 0.4) is 0 Å². The minimum absolute atomic E-state index is 0.0602. The molecule has 1 aromatic rings. The van der Waals surface area contributed by atoms with E-state index in [0.717, 1.165) is 0 Å². The molecule has 17 heavy (non-hydrogen) atoms. The SMILES string of the molecule is C=C(Cc1ccccc1OC(=O)CC)C(=O)O. The number of carboxylic acids is 1. The van der Waals surface area contributed by atoms with Gasteiger partial charge in [-0.25, -0.2) is 4.79 Å². The lowest BCUT2D eigenvalue weighted by molar-refractivity contribution is -0.134. The molecule has 0 bridgehead atoms. The molecule has 4 heteroatoms. The average Bonchev–Trinajstić information content (AvgIpc) is 2.31. The van der Waals surface area contributed by atoms with Crippen molar-refractivity contribution in [3.63, 3.8) is 0 Å². The topological polar surface area (TPSA) is 63.6 Å². The molecule has 1 N–H and O–H groups in total. The molecule has 0 fully saturated rings. The van der Waals surface area contributed by atoms with Gasteiger partial charge in [-0.3, -0.25) is 4.79 Å². The zero-order valence-corrected chi connectivity index (χ0v) is 9.60. The molecule has 90 valence electrons. The first kappa shape index (κ1) is 13.0. The lowest BCUT2D eigenvalue weighted by atomic mass is 10.1. The fraction of sp³-hybridized carbons (Fsp3) is 0.231. The summed E-state index contributed by atoms with van der Waals surface area (Å²) in [5.41, 5.74) is 0.701. The number of rotatable bonds is 5. The Kier molecular flexibility index (Phi) is 4.46. The number of para-hydroxylation sites is 1. The second-order valence-electron chi connectivity index (χ2n) is 3.52. The van der Waals surface area contributed by atoms with Crippen LogP contribution in [-0.4, -0.2) is 17.0 Å². The van der Waals surface area contributed by atoms with Gasteiger partial charge in [-0.15, -0.1) is 0 Å². The molecular formula is C13H14O4. The minimum Gasteiger partial charge on any atom is -0.478 e. The van der Waals surface area contributed by atoms with Gasteiger partial charge in [-0.2, -0.15) is 0 Å². The molecule has 0 saturated heterocycles. The maximum Gasteiger partial charge on any atom is 0.331 e. The summed E-state index contributed by atoms with van der Waals surface area (Å²) in [6, 6.07) is 6.84. The summed E-state index contributed by atoms with van der Waals surface area (Å²) in [6.07, 6.45) is 0.427. The highest BCUT2D eigenvalue weighted by atomic mass is 16.5. The number of carbonyl (C=O) groups excluding carboxylic acids is 1.